The molecule has 1 rings (SSSR count). The lowest BCUT2D eigenvalue weighted by molar-refractivity contribution is 0.228. The lowest BCUT2D eigenvalue weighted by Crippen LogP contribution is -2.21. The molecule has 0 amide bonds. The normalized spacial score (nSPS) is 13.2. The van der Waals surface area contributed by atoms with Gasteiger partial charge in [0.25, 0.3) is 0 Å². The highest BCUT2D eigenvalue weighted by molar-refractivity contribution is 4.80. The summed E-state index contributed by atoms with van der Waals surface area (Å²) in [4.78, 5) is 1.39. The molecule has 0 aliphatic heterocycles. The zero-order valence-corrected chi connectivity index (χ0v) is 7.01. The van der Waals surface area contributed by atoms with Gasteiger partial charge in [0, 0.05) is 18.9 Å². The van der Waals surface area contributed by atoms with Crippen LogP contribution in [0.3, 0.4) is 0 Å². The van der Waals surface area contributed by atoms with Crippen LogP contribution in [-0.2, 0) is 13.5 Å². The van der Waals surface area contributed by atoms with Crippen molar-refractivity contribution in [3.8, 4) is 0 Å². The van der Waals surface area contributed by atoms with E-state index in [4.69, 9.17) is 10.8 Å². The van der Waals surface area contributed by atoms with Crippen LogP contribution < -0.4 is 5.73 Å². The van der Waals surface area contributed by atoms with Crippen LogP contribution in [0.4, 0.5) is 0 Å². The molecular weight excluding hydrogens is 158 g/mol. The van der Waals surface area contributed by atoms with Crippen molar-refractivity contribution in [1.82, 2.24) is 20.2 Å². The van der Waals surface area contributed by atoms with Crippen LogP contribution in [0.5, 0.6) is 0 Å². The molecule has 0 aliphatic carbocycles. The molecule has 1 unspecified atom stereocenters. The van der Waals surface area contributed by atoms with Gasteiger partial charge >= 0.3 is 0 Å². The molecule has 1 atom stereocenters. The summed E-state index contributed by atoms with van der Waals surface area (Å²) in [5, 5.41) is 20.3. The molecule has 0 spiro atoms. The van der Waals surface area contributed by atoms with E-state index in [1.165, 1.54) is 4.80 Å². The van der Waals surface area contributed by atoms with Crippen molar-refractivity contribution >= 4 is 0 Å². The standard InChI is InChI=1S/C6H13N5O/c1-11-9-6(8-10-11)2-5(3-7)4-12/h5,12H,2-4,7H2,1H3. The van der Waals surface area contributed by atoms with Gasteiger partial charge in [-0.15, -0.1) is 10.2 Å². The fourth-order valence-corrected chi connectivity index (χ4v) is 0.886. The Balaban J connectivity index is 2.50. The second kappa shape index (κ2) is 4.13. The SMILES string of the molecule is Cn1nnc(CC(CN)CO)n1. The summed E-state index contributed by atoms with van der Waals surface area (Å²) in [6.07, 6.45) is 0.584. The third-order valence-electron chi connectivity index (χ3n) is 1.61. The van der Waals surface area contributed by atoms with Crippen molar-refractivity contribution in [1.29, 1.82) is 0 Å². The molecule has 0 bridgehead atoms. The zero-order chi connectivity index (χ0) is 8.97. The molecule has 0 aromatic carbocycles. The average molecular weight is 171 g/mol. The minimum absolute atomic E-state index is 0.0363. The van der Waals surface area contributed by atoms with Crippen molar-refractivity contribution in [3.63, 3.8) is 0 Å². The molecule has 68 valence electrons. The van der Waals surface area contributed by atoms with Crippen LogP contribution in [0.25, 0.3) is 0 Å². The average Bonchev–Trinajstić information content (AvgIpc) is 2.47. The highest BCUT2D eigenvalue weighted by atomic mass is 16.3. The Hall–Kier alpha value is -1.01. The predicted molar refractivity (Wildman–Crippen MR) is 42.1 cm³/mol. The number of aliphatic hydroxyl groups excluding tert-OH is 1. The van der Waals surface area contributed by atoms with Gasteiger partial charge in [0.1, 0.15) is 0 Å². The third-order valence-corrected chi connectivity index (χ3v) is 1.61. The van der Waals surface area contributed by atoms with E-state index in [0.29, 0.717) is 18.8 Å². The van der Waals surface area contributed by atoms with Gasteiger partial charge < -0.3 is 10.8 Å². The van der Waals surface area contributed by atoms with Crippen LogP contribution >= 0.6 is 0 Å². The topological polar surface area (TPSA) is 89.9 Å². The van der Waals surface area contributed by atoms with E-state index in [9.17, 15) is 0 Å². The first-order valence-electron chi connectivity index (χ1n) is 3.80. The summed E-state index contributed by atoms with van der Waals surface area (Å²) in [6, 6.07) is 0. The molecule has 12 heavy (non-hydrogen) atoms. The van der Waals surface area contributed by atoms with Crippen molar-refractivity contribution in [2.75, 3.05) is 13.2 Å². The van der Waals surface area contributed by atoms with Gasteiger partial charge in [0.2, 0.25) is 0 Å². The van der Waals surface area contributed by atoms with Gasteiger partial charge in [0.05, 0.1) is 7.05 Å². The first-order valence-corrected chi connectivity index (χ1v) is 3.80. The first-order chi connectivity index (χ1) is 5.76. The van der Waals surface area contributed by atoms with Gasteiger partial charge in [-0.05, 0) is 11.8 Å². The molecule has 0 saturated heterocycles. The highest BCUT2D eigenvalue weighted by Crippen LogP contribution is 2.00. The van der Waals surface area contributed by atoms with E-state index < -0.39 is 0 Å². The Labute approximate surface area is 70.4 Å². The van der Waals surface area contributed by atoms with E-state index >= 15 is 0 Å². The number of aromatic nitrogens is 4. The van der Waals surface area contributed by atoms with Gasteiger partial charge in [-0.25, -0.2) is 0 Å². The summed E-state index contributed by atoms with van der Waals surface area (Å²) < 4.78 is 0. The second-order valence-electron chi connectivity index (χ2n) is 2.68. The fourth-order valence-electron chi connectivity index (χ4n) is 0.886. The van der Waals surface area contributed by atoms with Crippen molar-refractivity contribution < 1.29 is 5.11 Å². The summed E-state index contributed by atoms with van der Waals surface area (Å²) in [6.45, 7) is 0.503. The van der Waals surface area contributed by atoms with Crippen LogP contribution in [-0.4, -0.2) is 38.5 Å². The maximum Gasteiger partial charge on any atom is 0.175 e. The predicted octanol–water partition coefficient (Wildman–Crippen LogP) is -1.68. The number of hydrogen-bond acceptors (Lipinski definition) is 5. The summed E-state index contributed by atoms with van der Waals surface area (Å²) in [5.41, 5.74) is 5.40. The Morgan fingerprint density at radius 3 is 2.83 bits per heavy atom. The summed E-state index contributed by atoms with van der Waals surface area (Å²) >= 11 is 0. The summed E-state index contributed by atoms with van der Waals surface area (Å²) in [5.74, 6) is 0.663. The number of aryl methyl sites for hydroxylation is 1. The minimum Gasteiger partial charge on any atom is -0.396 e. The molecular formula is C6H13N5O. The lowest BCUT2D eigenvalue weighted by atomic mass is 10.1. The molecule has 6 heteroatoms. The Morgan fingerprint density at radius 2 is 2.42 bits per heavy atom. The molecule has 0 aliphatic rings. The number of nitrogens with zero attached hydrogens (tertiary/aromatic N) is 4. The fraction of sp³-hybridized carbons (Fsp3) is 0.833. The monoisotopic (exact) mass is 171 g/mol. The lowest BCUT2D eigenvalue weighted by Gasteiger charge is -2.06. The minimum atomic E-state index is 0.0363. The third kappa shape index (κ3) is 2.24. The molecule has 1 heterocycles. The van der Waals surface area contributed by atoms with E-state index in [0.717, 1.165) is 0 Å². The van der Waals surface area contributed by atoms with Crippen molar-refractivity contribution in [2.45, 2.75) is 6.42 Å². The molecule has 0 radical (unpaired) electrons. The number of aliphatic hydroxyl groups is 1. The maximum absolute atomic E-state index is 8.83. The Kier molecular flexibility index (Phi) is 3.12. The largest absolute Gasteiger partial charge is 0.396 e. The molecule has 0 saturated carbocycles. The van der Waals surface area contributed by atoms with Crippen LogP contribution in [0.2, 0.25) is 0 Å². The maximum atomic E-state index is 8.83. The second-order valence-corrected chi connectivity index (χ2v) is 2.68. The van der Waals surface area contributed by atoms with Gasteiger partial charge in [0.15, 0.2) is 5.82 Å². The van der Waals surface area contributed by atoms with Gasteiger partial charge in [-0.3, -0.25) is 0 Å². The number of tetrazole rings is 1. The van der Waals surface area contributed by atoms with Crippen LogP contribution in [0.15, 0.2) is 0 Å². The summed E-state index contributed by atoms with van der Waals surface area (Å²) in [7, 11) is 1.70. The quantitative estimate of drug-likeness (QED) is 0.564. The number of rotatable bonds is 4. The molecule has 1 aromatic rings. The molecule has 6 nitrogen and oxygen atoms in total. The van der Waals surface area contributed by atoms with Gasteiger partial charge in [-0.2, -0.15) is 4.80 Å². The molecule has 0 fully saturated rings. The first kappa shape index (κ1) is 9.08. The van der Waals surface area contributed by atoms with E-state index in [1.54, 1.807) is 7.05 Å². The van der Waals surface area contributed by atoms with Crippen molar-refractivity contribution in [3.05, 3.63) is 5.82 Å². The Morgan fingerprint density at radius 1 is 1.67 bits per heavy atom. The number of nitrogens with two attached hydrogens (primary N) is 1. The number of hydrogen-bond donors (Lipinski definition) is 2. The molecule has 3 N–H and O–H groups in total. The van der Waals surface area contributed by atoms with Gasteiger partial charge in [-0.1, -0.05) is 0 Å². The van der Waals surface area contributed by atoms with E-state index in [-0.39, 0.29) is 12.5 Å². The van der Waals surface area contributed by atoms with Crippen LogP contribution in [0, 0.1) is 5.92 Å². The zero-order valence-electron chi connectivity index (χ0n) is 7.01. The van der Waals surface area contributed by atoms with Crippen LogP contribution in [0.1, 0.15) is 5.82 Å². The van der Waals surface area contributed by atoms with Crippen molar-refractivity contribution in [2.24, 2.45) is 18.7 Å². The smallest absolute Gasteiger partial charge is 0.175 e. The van der Waals surface area contributed by atoms with E-state index in [1.807, 2.05) is 0 Å². The highest BCUT2D eigenvalue weighted by Gasteiger charge is 2.09. The molecule has 1 aromatic heterocycles. The Bertz CT molecular complexity index is 232. The van der Waals surface area contributed by atoms with E-state index in [2.05, 4.69) is 15.4 Å².